The van der Waals surface area contributed by atoms with Gasteiger partial charge in [-0.25, -0.2) is 4.98 Å². The molecular weight excluding hydrogens is 385 g/mol. The number of rotatable bonds is 4. The normalized spacial score (nSPS) is 20.1. The molecule has 0 saturated carbocycles. The predicted molar refractivity (Wildman–Crippen MR) is 100 cm³/mol. The molecule has 9 heteroatoms. The molecule has 0 spiro atoms. The maximum absolute atomic E-state index is 13.1. The van der Waals surface area contributed by atoms with E-state index in [9.17, 15) is 18.0 Å². The summed E-state index contributed by atoms with van der Waals surface area (Å²) >= 11 is 0. The number of aromatic nitrogens is 1. The molecule has 0 N–H and O–H groups in total. The Hall–Kier alpha value is -2.97. The van der Waals surface area contributed by atoms with Crippen molar-refractivity contribution >= 4 is 11.6 Å². The third-order valence-electron chi connectivity index (χ3n) is 4.86. The molecule has 2 unspecified atom stereocenters. The lowest BCUT2D eigenvalue weighted by molar-refractivity contribution is -0.137. The van der Waals surface area contributed by atoms with Crippen LogP contribution < -0.4 is 4.74 Å². The summed E-state index contributed by atoms with van der Waals surface area (Å²) in [7, 11) is 1.53. The van der Waals surface area contributed by atoms with Gasteiger partial charge in [-0.05, 0) is 38.0 Å². The van der Waals surface area contributed by atoms with Gasteiger partial charge in [0.15, 0.2) is 0 Å². The Bertz CT molecular complexity index is 884. The monoisotopic (exact) mass is 406 g/mol. The van der Waals surface area contributed by atoms with Gasteiger partial charge in [0, 0.05) is 25.9 Å². The van der Waals surface area contributed by atoms with Crippen LogP contribution in [0.1, 0.15) is 35.7 Å². The first kappa shape index (κ1) is 20.8. The molecule has 2 atom stereocenters. The van der Waals surface area contributed by atoms with E-state index in [4.69, 9.17) is 4.74 Å². The van der Waals surface area contributed by atoms with Crippen molar-refractivity contribution in [2.75, 3.05) is 13.6 Å². The van der Waals surface area contributed by atoms with Crippen molar-refractivity contribution in [3.05, 3.63) is 53.7 Å². The molecule has 1 aromatic carbocycles. The zero-order valence-electron chi connectivity index (χ0n) is 16.1. The van der Waals surface area contributed by atoms with Crippen molar-refractivity contribution in [3.8, 4) is 5.88 Å². The zero-order valence-corrected chi connectivity index (χ0v) is 16.1. The van der Waals surface area contributed by atoms with Crippen LogP contribution in [-0.4, -0.2) is 41.5 Å². The summed E-state index contributed by atoms with van der Waals surface area (Å²) in [5.41, 5.74) is 0.0953. The largest absolute Gasteiger partial charge is 0.472 e. The lowest BCUT2D eigenvalue weighted by atomic mass is 9.98. The van der Waals surface area contributed by atoms with E-state index in [0.717, 1.165) is 12.3 Å². The molecule has 6 nitrogen and oxygen atoms in total. The van der Waals surface area contributed by atoms with E-state index >= 15 is 0 Å². The average molecular weight is 406 g/mol. The molecule has 1 fully saturated rings. The highest BCUT2D eigenvalue weighted by molar-refractivity contribution is 5.99. The number of likely N-dealkylation sites (tertiary alicyclic amines) is 1. The Morgan fingerprint density at radius 3 is 2.66 bits per heavy atom. The fourth-order valence-electron chi connectivity index (χ4n) is 3.33. The van der Waals surface area contributed by atoms with Gasteiger partial charge in [0.25, 0.3) is 5.91 Å². The van der Waals surface area contributed by atoms with Crippen LogP contribution in [0.15, 0.2) is 52.8 Å². The van der Waals surface area contributed by atoms with Crippen LogP contribution in [0.25, 0.3) is 0 Å². The number of benzene rings is 1. The van der Waals surface area contributed by atoms with E-state index in [1.54, 1.807) is 29.2 Å². The quantitative estimate of drug-likeness (QED) is 0.679. The number of azo groups is 1. The first-order valence-corrected chi connectivity index (χ1v) is 9.21. The Labute approximate surface area is 166 Å². The molecule has 2 heterocycles. The molecule has 1 aromatic heterocycles. The molecule has 3 rings (SSSR count). The summed E-state index contributed by atoms with van der Waals surface area (Å²) in [5, 5.41) is 7.76. The van der Waals surface area contributed by atoms with Crippen molar-refractivity contribution in [3.63, 3.8) is 0 Å². The van der Waals surface area contributed by atoms with Crippen LogP contribution in [0, 0.1) is 0 Å². The minimum Gasteiger partial charge on any atom is -0.472 e. The number of ether oxygens (including phenoxy) is 1. The Morgan fingerprint density at radius 2 is 2.00 bits per heavy atom. The molecule has 1 aliphatic heterocycles. The number of halogens is 3. The molecule has 154 valence electrons. The lowest BCUT2D eigenvalue weighted by Crippen LogP contribution is -2.51. The van der Waals surface area contributed by atoms with Gasteiger partial charge >= 0.3 is 6.18 Å². The Balaban J connectivity index is 1.75. The number of pyridine rings is 1. The lowest BCUT2D eigenvalue weighted by Gasteiger charge is -2.39. The number of carbonyl (C=O) groups excluding carboxylic acids is 1. The first-order valence-electron chi connectivity index (χ1n) is 9.21. The van der Waals surface area contributed by atoms with Gasteiger partial charge in [0.1, 0.15) is 6.10 Å². The van der Waals surface area contributed by atoms with Gasteiger partial charge in [-0.15, -0.1) is 0 Å². The van der Waals surface area contributed by atoms with Crippen LogP contribution in [0.3, 0.4) is 0 Å². The van der Waals surface area contributed by atoms with Crippen molar-refractivity contribution in [1.82, 2.24) is 9.88 Å². The number of nitrogens with zero attached hydrogens (tertiary/aromatic N) is 4. The molecule has 1 amide bonds. The number of piperidine rings is 1. The minimum atomic E-state index is -4.45. The molecule has 1 saturated heterocycles. The molecule has 1 aliphatic rings. The summed E-state index contributed by atoms with van der Waals surface area (Å²) in [6.07, 6.45) is -2.70. The highest BCUT2D eigenvalue weighted by atomic mass is 19.4. The maximum atomic E-state index is 13.1. The fraction of sp³-hybridized carbons (Fsp3) is 0.400. The van der Waals surface area contributed by atoms with Gasteiger partial charge in [-0.2, -0.15) is 23.4 Å². The van der Waals surface area contributed by atoms with E-state index in [1.807, 2.05) is 6.92 Å². The molecular formula is C20H21F3N4O2. The van der Waals surface area contributed by atoms with Crippen LogP contribution in [-0.2, 0) is 6.18 Å². The summed E-state index contributed by atoms with van der Waals surface area (Å²) in [4.78, 5) is 18.6. The Morgan fingerprint density at radius 1 is 1.24 bits per heavy atom. The van der Waals surface area contributed by atoms with Crippen LogP contribution in [0.5, 0.6) is 5.88 Å². The number of alkyl halides is 3. The van der Waals surface area contributed by atoms with Crippen molar-refractivity contribution in [2.45, 2.75) is 38.1 Å². The molecule has 29 heavy (non-hydrogen) atoms. The molecule has 2 aromatic rings. The summed E-state index contributed by atoms with van der Waals surface area (Å²) in [5.74, 6) is -0.0847. The minimum absolute atomic E-state index is 0.101. The van der Waals surface area contributed by atoms with E-state index in [1.165, 1.54) is 13.1 Å². The van der Waals surface area contributed by atoms with E-state index in [2.05, 4.69) is 15.2 Å². The number of amides is 1. The standard InChI is InChI=1S/C20H21F3N4O2/c1-13-17(29-18-10-9-14(12-25-18)20(21,22)23)8-5-11-27(13)19(28)15-6-3-4-7-16(15)26-24-2/h3-4,6-7,9-10,12-13,17H,5,8,11H2,1-2H3. The van der Waals surface area contributed by atoms with Gasteiger partial charge < -0.3 is 9.64 Å². The Kier molecular flexibility index (Phi) is 6.14. The van der Waals surface area contributed by atoms with E-state index in [-0.39, 0.29) is 23.9 Å². The third kappa shape index (κ3) is 4.72. The smallest absolute Gasteiger partial charge is 0.417 e. The van der Waals surface area contributed by atoms with Gasteiger partial charge in [-0.3, -0.25) is 4.79 Å². The second kappa shape index (κ2) is 8.59. The highest BCUT2D eigenvalue weighted by Crippen LogP contribution is 2.30. The van der Waals surface area contributed by atoms with Crippen molar-refractivity contribution in [2.24, 2.45) is 10.2 Å². The zero-order chi connectivity index (χ0) is 21.0. The molecule has 0 radical (unpaired) electrons. The number of carbonyl (C=O) groups is 1. The predicted octanol–water partition coefficient (Wildman–Crippen LogP) is 4.89. The molecule has 0 bridgehead atoms. The topological polar surface area (TPSA) is 67.2 Å². The van der Waals surface area contributed by atoms with Crippen molar-refractivity contribution < 1.29 is 22.7 Å². The second-order valence-corrected chi connectivity index (χ2v) is 6.74. The van der Waals surface area contributed by atoms with E-state index < -0.39 is 11.7 Å². The van der Waals surface area contributed by atoms with Crippen LogP contribution in [0.4, 0.5) is 18.9 Å². The first-order chi connectivity index (χ1) is 13.8. The SMILES string of the molecule is CN=Nc1ccccc1C(=O)N1CCCC(Oc2ccc(C(F)(F)F)cn2)C1C. The third-order valence-corrected chi connectivity index (χ3v) is 4.86. The van der Waals surface area contributed by atoms with Gasteiger partial charge in [-0.1, -0.05) is 12.1 Å². The summed E-state index contributed by atoms with van der Waals surface area (Å²) < 4.78 is 43.9. The summed E-state index contributed by atoms with van der Waals surface area (Å²) in [6.45, 7) is 2.41. The fourth-order valence-corrected chi connectivity index (χ4v) is 3.33. The van der Waals surface area contributed by atoms with E-state index in [0.29, 0.717) is 30.6 Å². The van der Waals surface area contributed by atoms with Crippen LogP contribution >= 0.6 is 0 Å². The average Bonchev–Trinajstić information content (AvgIpc) is 2.69. The van der Waals surface area contributed by atoms with Gasteiger partial charge in [0.2, 0.25) is 5.88 Å². The second-order valence-electron chi connectivity index (χ2n) is 6.74. The maximum Gasteiger partial charge on any atom is 0.417 e. The summed E-state index contributed by atoms with van der Waals surface area (Å²) in [6, 6.07) is 8.81. The van der Waals surface area contributed by atoms with Gasteiger partial charge in [0.05, 0.1) is 22.9 Å². The molecule has 0 aliphatic carbocycles. The van der Waals surface area contributed by atoms with Crippen molar-refractivity contribution in [1.29, 1.82) is 0 Å². The highest BCUT2D eigenvalue weighted by Gasteiger charge is 2.34. The number of hydrogen-bond donors (Lipinski definition) is 0. The number of hydrogen-bond acceptors (Lipinski definition) is 5. The van der Waals surface area contributed by atoms with Crippen LogP contribution in [0.2, 0.25) is 0 Å².